The molecule has 0 saturated heterocycles. The van der Waals surface area contributed by atoms with E-state index in [0.717, 1.165) is 29.0 Å². The van der Waals surface area contributed by atoms with Crippen LogP contribution in [0.1, 0.15) is 11.1 Å². The maximum atomic E-state index is 13.7. The van der Waals surface area contributed by atoms with E-state index in [0.29, 0.717) is 17.4 Å². The van der Waals surface area contributed by atoms with Gasteiger partial charge in [-0.2, -0.15) is 18.3 Å². The Morgan fingerprint density at radius 1 is 1.09 bits per heavy atom. The minimum absolute atomic E-state index is 0.0310. The van der Waals surface area contributed by atoms with E-state index in [1.165, 1.54) is 17.6 Å². The predicted molar refractivity (Wildman–Crippen MR) is 120 cm³/mol. The third-order valence-corrected chi connectivity index (χ3v) is 6.87. The second kappa shape index (κ2) is 9.04. The molecule has 0 radical (unpaired) electrons. The Morgan fingerprint density at radius 2 is 1.85 bits per heavy atom. The summed E-state index contributed by atoms with van der Waals surface area (Å²) in [5.74, 6) is 0.300. The fourth-order valence-corrected chi connectivity index (χ4v) is 5.07. The number of nitrogens with zero attached hydrogens (tertiary/aromatic N) is 3. The molecule has 7 nitrogen and oxygen atoms in total. The molecule has 2 aromatic carbocycles. The van der Waals surface area contributed by atoms with Gasteiger partial charge in [-0.05, 0) is 35.9 Å². The molecule has 0 bridgehead atoms. The Hall–Kier alpha value is -3.09. The van der Waals surface area contributed by atoms with Crippen LogP contribution in [0.5, 0.6) is 0 Å². The van der Waals surface area contributed by atoms with Gasteiger partial charge in [0.05, 0.1) is 17.0 Å². The molecule has 0 aliphatic rings. The van der Waals surface area contributed by atoms with Crippen LogP contribution in [0, 0.1) is 0 Å². The van der Waals surface area contributed by atoms with Gasteiger partial charge in [0.15, 0.2) is 10.9 Å². The first-order valence-corrected chi connectivity index (χ1v) is 12.0. The van der Waals surface area contributed by atoms with Crippen molar-refractivity contribution in [3.05, 3.63) is 82.5 Å². The second-order valence-corrected chi connectivity index (χ2v) is 9.78. The van der Waals surface area contributed by atoms with Crippen molar-refractivity contribution in [3.63, 3.8) is 0 Å². The molecule has 2 N–H and O–H groups in total. The summed E-state index contributed by atoms with van der Waals surface area (Å²) in [6.45, 7) is 0.437. The maximum Gasteiger partial charge on any atom is 0.417 e. The minimum atomic E-state index is -4.90. The molecule has 4 aromatic rings. The number of halogens is 4. The van der Waals surface area contributed by atoms with Gasteiger partial charge in [0.1, 0.15) is 0 Å². The average molecular weight is 514 g/mol. The zero-order valence-electron chi connectivity index (χ0n) is 16.5. The Bertz CT molecular complexity index is 1360. The Labute approximate surface area is 195 Å². The quantitative estimate of drug-likeness (QED) is 0.335. The van der Waals surface area contributed by atoms with Gasteiger partial charge in [-0.1, -0.05) is 23.7 Å². The number of thiazole rings is 1. The van der Waals surface area contributed by atoms with E-state index in [2.05, 4.69) is 20.1 Å². The molecule has 13 heteroatoms. The van der Waals surface area contributed by atoms with Crippen LogP contribution in [0.15, 0.2) is 71.2 Å². The zero-order valence-corrected chi connectivity index (χ0v) is 18.9. The lowest BCUT2D eigenvalue weighted by Crippen LogP contribution is -2.19. The van der Waals surface area contributed by atoms with E-state index >= 15 is 0 Å². The number of rotatable bonds is 7. The molecular weight excluding hydrogens is 499 g/mol. The van der Waals surface area contributed by atoms with E-state index in [9.17, 15) is 21.6 Å². The average Bonchev–Trinajstić information content (AvgIpc) is 3.41. The van der Waals surface area contributed by atoms with Crippen LogP contribution in [0.3, 0.4) is 0 Å². The Balaban J connectivity index is 1.57. The molecule has 0 aliphatic heterocycles. The van der Waals surface area contributed by atoms with Gasteiger partial charge in [0.25, 0.3) is 10.0 Å². The molecular formula is C20H15ClF3N5O2S2. The topological polar surface area (TPSA) is 88.9 Å². The van der Waals surface area contributed by atoms with Gasteiger partial charge < -0.3 is 5.32 Å². The zero-order chi connectivity index (χ0) is 23.6. The fourth-order valence-electron chi connectivity index (χ4n) is 2.95. The van der Waals surface area contributed by atoms with Gasteiger partial charge in [-0.25, -0.2) is 13.4 Å². The lowest BCUT2D eigenvalue weighted by atomic mass is 10.2. The molecule has 0 amide bonds. The molecule has 4 rings (SSSR count). The molecule has 33 heavy (non-hydrogen) atoms. The molecule has 2 aromatic heterocycles. The van der Waals surface area contributed by atoms with Crippen LogP contribution in [0.25, 0.3) is 0 Å². The second-order valence-electron chi connectivity index (χ2n) is 6.80. The summed E-state index contributed by atoms with van der Waals surface area (Å²) in [6, 6.07) is 11.6. The summed E-state index contributed by atoms with van der Waals surface area (Å²) in [5, 5.41) is 9.14. The van der Waals surface area contributed by atoms with E-state index in [1.54, 1.807) is 29.1 Å². The molecule has 172 valence electrons. The summed E-state index contributed by atoms with van der Waals surface area (Å²) in [5.41, 5.74) is -0.333. The van der Waals surface area contributed by atoms with Crippen molar-refractivity contribution in [2.24, 2.45) is 0 Å². The van der Waals surface area contributed by atoms with Crippen LogP contribution in [-0.4, -0.2) is 23.2 Å². The van der Waals surface area contributed by atoms with E-state index < -0.39 is 26.7 Å². The highest BCUT2D eigenvalue weighted by Gasteiger charge is 2.37. The SMILES string of the molecule is O=S(=O)(Nc1nccs1)c1ccc(Nc2ccn(Cc3ccc(Cl)cc3)n2)cc1C(F)(F)F. The van der Waals surface area contributed by atoms with Gasteiger partial charge in [0.2, 0.25) is 0 Å². The van der Waals surface area contributed by atoms with E-state index in [4.69, 9.17) is 11.6 Å². The molecule has 0 saturated carbocycles. The largest absolute Gasteiger partial charge is 0.417 e. The van der Waals surface area contributed by atoms with Gasteiger partial charge in [-0.15, -0.1) is 11.3 Å². The lowest BCUT2D eigenvalue weighted by molar-refractivity contribution is -0.139. The number of aromatic nitrogens is 3. The molecule has 0 aliphatic carbocycles. The molecule has 0 spiro atoms. The number of benzene rings is 2. The number of nitrogens with one attached hydrogen (secondary N) is 2. The summed E-state index contributed by atoms with van der Waals surface area (Å²) in [7, 11) is -4.50. The van der Waals surface area contributed by atoms with Crippen molar-refractivity contribution in [1.29, 1.82) is 0 Å². The van der Waals surface area contributed by atoms with E-state index in [-0.39, 0.29) is 10.8 Å². The van der Waals surface area contributed by atoms with E-state index in [1.807, 2.05) is 12.1 Å². The van der Waals surface area contributed by atoms with Crippen molar-refractivity contribution in [2.75, 3.05) is 10.0 Å². The first kappa shape index (κ1) is 23.1. The van der Waals surface area contributed by atoms with Crippen molar-refractivity contribution in [2.45, 2.75) is 17.6 Å². The monoisotopic (exact) mass is 513 g/mol. The van der Waals surface area contributed by atoms with Crippen LogP contribution in [0.2, 0.25) is 5.02 Å². The van der Waals surface area contributed by atoms with Crippen molar-refractivity contribution in [1.82, 2.24) is 14.8 Å². The highest BCUT2D eigenvalue weighted by atomic mass is 35.5. The summed E-state index contributed by atoms with van der Waals surface area (Å²) < 4.78 is 69.8. The number of hydrogen-bond donors (Lipinski definition) is 2. The number of hydrogen-bond acceptors (Lipinski definition) is 6. The number of anilines is 3. The Kier molecular flexibility index (Phi) is 6.32. The van der Waals surface area contributed by atoms with Crippen molar-refractivity contribution in [3.8, 4) is 0 Å². The van der Waals surface area contributed by atoms with Crippen LogP contribution >= 0.6 is 22.9 Å². The lowest BCUT2D eigenvalue weighted by Gasteiger charge is -2.15. The fraction of sp³-hybridized carbons (Fsp3) is 0.100. The summed E-state index contributed by atoms with van der Waals surface area (Å²) in [4.78, 5) is 2.85. The summed E-state index contributed by atoms with van der Waals surface area (Å²) >= 11 is 6.83. The van der Waals surface area contributed by atoms with Gasteiger partial charge >= 0.3 is 6.18 Å². The first-order chi connectivity index (χ1) is 15.6. The normalized spacial score (nSPS) is 12.0. The summed E-state index contributed by atoms with van der Waals surface area (Å²) in [6.07, 6.45) is -1.90. The molecule has 2 heterocycles. The minimum Gasteiger partial charge on any atom is -0.339 e. The highest BCUT2D eigenvalue weighted by Crippen LogP contribution is 2.37. The Morgan fingerprint density at radius 3 is 2.52 bits per heavy atom. The number of sulfonamides is 1. The standard InChI is InChI=1S/C20H15ClF3N5O2S2/c21-14-3-1-13(2-4-14)12-29-9-7-18(27-29)26-15-5-6-17(16(11-15)20(22,23)24)33(30,31)28-19-25-8-10-32-19/h1-11H,12H2,(H,25,28)(H,26,27). The molecule has 0 atom stereocenters. The van der Waals surface area contributed by atoms with Crippen molar-refractivity contribution >= 4 is 49.6 Å². The maximum absolute atomic E-state index is 13.7. The van der Waals surface area contributed by atoms with Crippen LogP contribution in [-0.2, 0) is 22.7 Å². The third-order valence-electron chi connectivity index (χ3n) is 4.40. The number of alkyl halides is 3. The van der Waals surface area contributed by atoms with Crippen LogP contribution < -0.4 is 10.0 Å². The predicted octanol–water partition coefficient (Wildman–Crippen LogP) is 5.60. The molecule has 0 fully saturated rings. The van der Waals surface area contributed by atoms with Gasteiger partial charge in [-0.3, -0.25) is 9.40 Å². The van der Waals surface area contributed by atoms with Crippen molar-refractivity contribution < 1.29 is 21.6 Å². The van der Waals surface area contributed by atoms with Crippen LogP contribution in [0.4, 0.5) is 29.8 Å². The smallest absolute Gasteiger partial charge is 0.339 e. The highest BCUT2D eigenvalue weighted by molar-refractivity contribution is 7.93. The first-order valence-electron chi connectivity index (χ1n) is 9.29. The third kappa shape index (κ3) is 5.64. The van der Waals surface area contributed by atoms with Gasteiger partial charge in [0, 0.05) is 34.6 Å². The molecule has 0 unspecified atom stereocenters.